The molecule has 1 aromatic carbocycles. The summed E-state index contributed by atoms with van der Waals surface area (Å²) in [6.45, 7) is 1.66. The summed E-state index contributed by atoms with van der Waals surface area (Å²) < 4.78 is 28.3. The summed E-state index contributed by atoms with van der Waals surface area (Å²) in [6.07, 6.45) is 0.0994. The van der Waals surface area contributed by atoms with E-state index in [0.717, 1.165) is 0 Å². The first-order valence-electron chi connectivity index (χ1n) is 7.04. The Labute approximate surface area is 128 Å². The zero-order chi connectivity index (χ0) is 16.5. The number of benzene rings is 1. The van der Waals surface area contributed by atoms with E-state index < -0.39 is 6.61 Å². The average Bonchev–Trinajstić information content (AvgIpc) is 2.46. The maximum Gasteiger partial charge on any atom is 0.387 e. The molecular weight excluding hydrogens is 294 g/mol. The molecular formula is C15H20F2N2O3. The summed E-state index contributed by atoms with van der Waals surface area (Å²) in [5.41, 5.74) is 0.668. The second kappa shape index (κ2) is 8.96. The van der Waals surface area contributed by atoms with Crippen LogP contribution < -0.4 is 10.1 Å². The second-order valence-electron chi connectivity index (χ2n) is 4.56. The lowest BCUT2D eigenvalue weighted by Gasteiger charge is -2.20. The molecule has 0 radical (unpaired) electrons. The zero-order valence-electron chi connectivity index (χ0n) is 12.6. The Hall–Kier alpha value is -2.18. The van der Waals surface area contributed by atoms with Crippen molar-refractivity contribution < 1.29 is 23.1 Å². The van der Waals surface area contributed by atoms with Crippen molar-refractivity contribution in [1.82, 2.24) is 10.2 Å². The average molecular weight is 314 g/mol. The topological polar surface area (TPSA) is 58.6 Å². The number of carbonyl (C=O) groups is 2. The van der Waals surface area contributed by atoms with Crippen molar-refractivity contribution in [1.29, 1.82) is 0 Å². The number of alkyl halides is 2. The number of carbonyl (C=O) groups excluding carboxylic acids is 2. The highest BCUT2D eigenvalue weighted by Gasteiger charge is 2.15. The van der Waals surface area contributed by atoms with E-state index in [1.165, 1.54) is 17.0 Å². The number of hydrogen-bond acceptors (Lipinski definition) is 3. The van der Waals surface area contributed by atoms with Crippen molar-refractivity contribution in [3.63, 3.8) is 0 Å². The number of halogens is 2. The van der Waals surface area contributed by atoms with Crippen LogP contribution in [0.1, 0.15) is 19.4 Å². The van der Waals surface area contributed by atoms with Gasteiger partial charge in [0.25, 0.3) is 0 Å². The molecule has 1 N–H and O–H groups in total. The Morgan fingerprint density at radius 3 is 2.36 bits per heavy atom. The van der Waals surface area contributed by atoms with E-state index in [-0.39, 0.29) is 30.5 Å². The van der Waals surface area contributed by atoms with E-state index in [0.29, 0.717) is 18.7 Å². The van der Waals surface area contributed by atoms with Gasteiger partial charge < -0.3 is 15.0 Å². The van der Waals surface area contributed by atoms with E-state index in [2.05, 4.69) is 10.1 Å². The van der Waals surface area contributed by atoms with Gasteiger partial charge in [0.2, 0.25) is 11.8 Å². The molecule has 0 atom stereocenters. The molecule has 5 nitrogen and oxygen atoms in total. The van der Waals surface area contributed by atoms with E-state index in [9.17, 15) is 18.4 Å². The van der Waals surface area contributed by atoms with Crippen molar-refractivity contribution >= 4 is 11.8 Å². The van der Waals surface area contributed by atoms with Crippen LogP contribution in [0.5, 0.6) is 5.75 Å². The molecule has 0 fully saturated rings. The van der Waals surface area contributed by atoms with Crippen LogP contribution >= 0.6 is 0 Å². The maximum absolute atomic E-state index is 12.1. The molecule has 0 aliphatic carbocycles. The number of nitrogens with one attached hydrogen (secondary N) is 1. The second-order valence-corrected chi connectivity index (χ2v) is 4.56. The van der Waals surface area contributed by atoms with Gasteiger partial charge in [-0.05, 0) is 31.5 Å². The largest absolute Gasteiger partial charge is 0.435 e. The van der Waals surface area contributed by atoms with Crippen LogP contribution in [0.25, 0.3) is 0 Å². The molecule has 0 aliphatic heterocycles. The van der Waals surface area contributed by atoms with Crippen LogP contribution in [-0.2, 0) is 16.0 Å². The van der Waals surface area contributed by atoms with E-state index in [1.54, 1.807) is 26.0 Å². The van der Waals surface area contributed by atoms with Crippen LogP contribution in [0.2, 0.25) is 0 Å². The highest BCUT2D eigenvalue weighted by molar-refractivity contribution is 5.85. The quantitative estimate of drug-likeness (QED) is 0.796. The molecule has 0 aromatic heterocycles. The van der Waals surface area contributed by atoms with Gasteiger partial charge in [0, 0.05) is 13.1 Å². The first-order valence-corrected chi connectivity index (χ1v) is 7.04. The molecule has 0 saturated heterocycles. The number of nitrogens with zero attached hydrogens (tertiary/aromatic N) is 1. The predicted molar refractivity (Wildman–Crippen MR) is 77.7 cm³/mol. The Kier molecular flexibility index (Phi) is 7.28. The normalized spacial score (nSPS) is 10.4. The highest BCUT2D eigenvalue weighted by atomic mass is 19.3. The molecule has 2 amide bonds. The van der Waals surface area contributed by atoms with Crippen LogP contribution in [0.3, 0.4) is 0 Å². The molecule has 22 heavy (non-hydrogen) atoms. The summed E-state index contributed by atoms with van der Waals surface area (Å²) in [6, 6.07) is 5.87. The molecule has 122 valence electrons. The highest BCUT2D eigenvalue weighted by Crippen LogP contribution is 2.15. The zero-order valence-corrected chi connectivity index (χ0v) is 12.6. The first-order chi connectivity index (χ1) is 10.5. The number of rotatable bonds is 8. The van der Waals surface area contributed by atoms with Crippen LogP contribution in [0.15, 0.2) is 24.3 Å². The molecule has 0 saturated carbocycles. The minimum Gasteiger partial charge on any atom is -0.435 e. The smallest absolute Gasteiger partial charge is 0.387 e. The third kappa shape index (κ3) is 6.07. The number of ether oxygens (including phenoxy) is 1. The van der Waals surface area contributed by atoms with E-state index >= 15 is 0 Å². The molecule has 0 aliphatic rings. The number of likely N-dealkylation sites (N-methyl/N-ethyl adjacent to an activating group) is 2. The van der Waals surface area contributed by atoms with Gasteiger partial charge in [-0.3, -0.25) is 9.59 Å². The summed E-state index contributed by atoms with van der Waals surface area (Å²) in [5.74, 6) is -0.365. The number of amides is 2. The van der Waals surface area contributed by atoms with Gasteiger partial charge in [-0.2, -0.15) is 8.78 Å². The molecule has 0 spiro atoms. The van der Waals surface area contributed by atoms with Crippen LogP contribution in [0, 0.1) is 0 Å². The third-order valence-corrected chi connectivity index (χ3v) is 2.95. The summed E-state index contributed by atoms with van der Waals surface area (Å²) in [7, 11) is 0. The van der Waals surface area contributed by atoms with Gasteiger partial charge in [-0.25, -0.2) is 0 Å². The lowest BCUT2D eigenvalue weighted by molar-refractivity contribution is -0.135. The van der Waals surface area contributed by atoms with Gasteiger partial charge in [-0.15, -0.1) is 0 Å². The Bertz CT molecular complexity index is 492. The van der Waals surface area contributed by atoms with Crippen LogP contribution in [-0.4, -0.2) is 43.0 Å². The summed E-state index contributed by atoms with van der Waals surface area (Å²) >= 11 is 0. The Morgan fingerprint density at radius 1 is 1.23 bits per heavy atom. The molecule has 0 heterocycles. The SMILES string of the molecule is CCNC(=O)CN(CC)C(=O)Cc1ccc(OC(F)F)cc1. The van der Waals surface area contributed by atoms with Crippen molar-refractivity contribution in [2.45, 2.75) is 26.9 Å². The fraction of sp³-hybridized carbons (Fsp3) is 0.467. The number of hydrogen-bond donors (Lipinski definition) is 1. The Balaban J connectivity index is 2.60. The van der Waals surface area contributed by atoms with Crippen molar-refractivity contribution in [2.24, 2.45) is 0 Å². The van der Waals surface area contributed by atoms with Crippen molar-refractivity contribution in [3.05, 3.63) is 29.8 Å². The molecule has 1 aromatic rings. The predicted octanol–water partition coefficient (Wildman–Crippen LogP) is 1.82. The maximum atomic E-state index is 12.1. The minimum atomic E-state index is -2.87. The van der Waals surface area contributed by atoms with Gasteiger partial charge in [-0.1, -0.05) is 12.1 Å². The van der Waals surface area contributed by atoms with Gasteiger partial charge >= 0.3 is 6.61 Å². The molecule has 1 rings (SSSR count). The first kappa shape index (κ1) is 17.9. The standard InChI is InChI=1S/C15H20F2N2O3/c1-3-18-13(20)10-19(4-2)14(21)9-11-5-7-12(8-6-11)22-15(16)17/h5-8,15H,3-4,9-10H2,1-2H3,(H,18,20). The Morgan fingerprint density at radius 2 is 1.86 bits per heavy atom. The fourth-order valence-electron chi connectivity index (χ4n) is 1.88. The van der Waals surface area contributed by atoms with Gasteiger partial charge in [0.05, 0.1) is 13.0 Å². The molecule has 7 heteroatoms. The van der Waals surface area contributed by atoms with Gasteiger partial charge in [0.15, 0.2) is 0 Å². The molecule has 0 bridgehead atoms. The van der Waals surface area contributed by atoms with E-state index in [4.69, 9.17) is 0 Å². The third-order valence-electron chi connectivity index (χ3n) is 2.95. The summed E-state index contributed by atoms with van der Waals surface area (Å²) in [5, 5.41) is 2.63. The lowest BCUT2D eigenvalue weighted by Crippen LogP contribution is -2.41. The summed E-state index contributed by atoms with van der Waals surface area (Å²) in [4.78, 5) is 25.1. The van der Waals surface area contributed by atoms with Gasteiger partial charge in [0.1, 0.15) is 5.75 Å². The minimum absolute atomic E-state index is 0.00967. The van der Waals surface area contributed by atoms with Crippen molar-refractivity contribution in [2.75, 3.05) is 19.6 Å². The lowest BCUT2D eigenvalue weighted by atomic mass is 10.1. The van der Waals surface area contributed by atoms with Crippen molar-refractivity contribution in [3.8, 4) is 5.75 Å². The fourth-order valence-corrected chi connectivity index (χ4v) is 1.88. The molecule has 0 unspecified atom stereocenters. The monoisotopic (exact) mass is 314 g/mol. The van der Waals surface area contributed by atoms with Crippen LogP contribution in [0.4, 0.5) is 8.78 Å². The van der Waals surface area contributed by atoms with E-state index in [1.807, 2.05) is 0 Å².